The molecule has 0 saturated carbocycles. The molecule has 1 heterocycles. The molecular weight excluding hydrogens is 299 g/mol. The Morgan fingerprint density at radius 3 is 2.61 bits per heavy atom. The summed E-state index contributed by atoms with van der Waals surface area (Å²) >= 11 is 0. The quantitative estimate of drug-likeness (QED) is 0.600. The molecule has 0 atom stereocenters. The van der Waals surface area contributed by atoms with Crippen molar-refractivity contribution in [3.8, 4) is 0 Å². The average molecular weight is 318 g/mol. The zero-order valence-electron chi connectivity index (χ0n) is 13.0. The number of carbonyl (C=O) groups excluding carboxylic acids is 2. The molecule has 2 rings (SSSR count). The lowest BCUT2D eigenvalue weighted by Gasteiger charge is -2.00. The Labute approximate surface area is 133 Å². The van der Waals surface area contributed by atoms with Crippen LogP contribution in [0.4, 0.5) is 4.39 Å². The highest BCUT2D eigenvalue weighted by Gasteiger charge is 2.09. The number of hydrogen-bond acceptors (Lipinski definition) is 4. The van der Waals surface area contributed by atoms with E-state index in [0.29, 0.717) is 37.9 Å². The number of aryl methyl sites for hydroxylation is 2. The lowest BCUT2D eigenvalue weighted by atomic mass is 10.1. The van der Waals surface area contributed by atoms with Crippen LogP contribution in [0.15, 0.2) is 30.3 Å². The molecule has 5 nitrogen and oxygen atoms in total. The minimum atomic E-state index is -0.361. The van der Waals surface area contributed by atoms with Crippen molar-refractivity contribution in [3.05, 3.63) is 53.1 Å². The highest BCUT2D eigenvalue weighted by molar-refractivity contribution is 5.96. The van der Waals surface area contributed by atoms with Gasteiger partial charge in [0.25, 0.3) is 0 Å². The van der Waals surface area contributed by atoms with Crippen LogP contribution in [0.1, 0.15) is 41.5 Å². The smallest absolute Gasteiger partial charge is 0.306 e. The standard InChI is InChI=1S/C17H19FN2O3/c1-2-23-17(22)10-8-15-11-14(19-20-15)7-9-16(21)12-3-5-13(18)6-4-12/h3-6,11H,2,7-10H2,1H3,(H,19,20). The molecule has 0 radical (unpaired) electrons. The van der Waals surface area contributed by atoms with Gasteiger partial charge in [0.05, 0.1) is 18.7 Å². The van der Waals surface area contributed by atoms with Crippen LogP contribution in [0, 0.1) is 5.82 Å². The van der Waals surface area contributed by atoms with Gasteiger partial charge in [-0.3, -0.25) is 14.7 Å². The summed E-state index contributed by atoms with van der Waals surface area (Å²) in [6.45, 7) is 2.14. The molecule has 0 bridgehead atoms. The second-order valence-corrected chi connectivity index (χ2v) is 5.12. The molecule has 0 spiro atoms. The zero-order valence-corrected chi connectivity index (χ0v) is 13.0. The summed E-state index contributed by atoms with van der Waals surface area (Å²) in [7, 11) is 0. The number of ether oxygens (including phenoxy) is 1. The van der Waals surface area contributed by atoms with E-state index in [2.05, 4.69) is 10.2 Å². The van der Waals surface area contributed by atoms with Gasteiger partial charge < -0.3 is 4.74 Å². The molecule has 0 fully saturated rings. The number of H-pyrrole nitrogens is 1. The van der Waals surface area contributed by atoms with Gasteiger partial charge in [-0.25, -0.2) is 4.39 Å². The first kappa shape index (κ1) is 16.9. The maximum absolute atomic E-state index is 12.8. The lowest BCUT2D eigenvalue weighted by Crippen LogP contribution is -2.05. The number of rotatable bonds is 8. The van der Waals surface area contributed by atoms with Gasteiger partial charge in [0.1, 0.15) is 5.82 Å². The summed E-state index contributed by atoms with van der Waals surface area (Å²) in [5.41, 5.74) is 2.09. The van der Waals surface area contributed by atoms with Gasteiger partial charge in [0.2, 0.25) is 0 Å². The van der Waals surface area contributed by atoms with Crippen molar-refractivity contribution in [2.24, 2.45) is 0 Å². The van der Waals surface area contributed by atoms with Crippen LogP contribution in [-0.4, -0.2) is 28.6 Å². The van der Waals surface area contributed by atoms with E-state index in [1.807, 2.05) is 6.07 Å². The first-order chi connectivity index (χ1) is 11.1. The van der Waals surface area contributed by atoms with Crippen LogP contribution < -0.4 is 0 Å². The fourth-order valence-electron chi connectivity index (χ4n) is 2.16. The summed E-state index contributed by atoms with van der Waals surface area (Å²) in [6.07, 6.45) is 1.61. The molecule has 122 valence electrons. The molecule has 1 aromatic heterocycles. The summed E-state index contributed by atoms with van der Waals surface area (Å²) < 4.78 is 17.7. The normalized spacial score (nSPS) is 10.5. The predicted octanol–water partition coefficient (Wildman–Crippen LogP) is 2.86. The number of halogens is 1. The van der Waals surface area contributed by atoms with Crippen LogP contribution >= 0.6 is 0 Å². The van der Waals surface area contributed by atoms with Crippen LogP contribution in [0.2, 0.25) is 0 Å². The molecule has 0 amide bonds. The summed E-state index contributed by atoms with van der Waals surface area (Å²) in [4.78, 5) is 23.3. The molecule has 23 heavy (non-hydrogen) atoms. The van der Waals surface area contributed by atoms with Crippen molar-refractivity contribution < 1.29 is 18.7 Å². The fraction of sp³-hybridized carbons (Fsp3) is 0.353. The highest BCUT2D eigenvalue weighted by atomic mass is 19.1. The van der Waals surface area contributed by atoms with Gasteiger partial charge in [-0.1, -0.05) is 0 Å². The highest BCUT2D eigenvalue weighted by Crippen LogP contribution is 2.10. The van der Waals surface area contributed by atoms with Crippen LogP contribution in [0.3, 0.4) is 0 Å². The summed E-state index contributed by atoms with van der Waals surface area (Å²) in [5.74, 6) is -0.656. The first-order valence-electron chi connectivity index (χ1n) is 7.56. The Morgan fingerprint density at radius 1 is 1.17 bits per heavy atom. The molecule has 0 aliphatic carbocycles. The second kappa shape index (κ2) is 8.22. The molecule has 0 aliphatic rings. The Bertz CT molecular complexity index is 665. The number of benzene rings is 1. The number of ketones is 1. The third-order valence-corrected chi connectivity index (χ3v) is 3.36. The van der Waals surface area contributed by atoms with Gasteiger partial charge >= 0.3 is 5.97 Å². The fourth-order valence-corrected chi connectivity index (χ4v) is 2.16. The van der Waals surface area contributed by atoms with Gasteiger partial charge in [0.15, 0.2) is 5.78 Å². The minimum absolute atomic E-state index is 0.0546. The van der Waals surface area contributed by atoms with E-state index in [0.717, 1.165) is 11.4 Å². The van der Waals surface area contributed by atoms with Crippen molar-refractivity contribution in [2.75, 3.05) is 6.61 Å². The van der Waals surface area contributed by atoms with E-state index in [1.165, 1.54) is 24.3 Å². The van der Waals surface area contributed by atoms with Crippen molar-refractivity contribution in [2.45, 2.75) is 32.6 Å². The average Bonchev–Trinajstić information content (AvgIpc) is 2.99. The molecule has 1 N–H and O–H groups in total. The summed E-state index contributed by atoms with van der Waals surface area (Å²) in [5, 5.41) is 6.99. The maximum atomic E-state index is 12.8. The van der Waals surface area contributed by atoms with E-state index in [4.69, 9.17) is 4.74 Å². The Morgan fingerprint density at radius 2 is 1.91 bits per heavy atom. The topological polar surface area (TPSA) is 72.1 Å². The van der Waals surface area contributed by atoms with Gasteiger partial charge in [-0.05, 0) is 50.1 Å². The number of aromatic amines is 1. The number of aromatic nitrogens is 2. The Hall–Kier alpha value is -2.50. The molecule has 1 aromatic carbocycles. The largest absolute Gasteiger partial charge is 0.466 e. The molecule has 6 heteroatoms. The number of nitrogens with zero attached hydrogens (tertiary/aromatic N) is 1. The van der Waals surface area contributed by atoms with Crippen LogP contribution in [0.5, 0.6) is 0 Å². The lowest BCUT2D eigenvalue weighted by molar-refractivity contribution is -0.143. The van der Waals surface area contributed by atoms with E-state index < -0.39 is 0 Å². The van der Waals surface area contributed by atoms with Crippen LogP contribution in [0.25, 0.3) is 0 Å². The third-order valence-electron chi connectivity index (χ3n) is 3.36. The van der Waals surface area contributed by atoms with Crippen molar-refractivity contribution in [1.29, 1.82) is 0 Å². The molecule has 0 saturated heterocycles. The SMILES string of the molecule is CCOC(=O)CCc1cc(CCC(=O)c2ccc(F)cc2)n[nH]1. The zero-order chi connectivity index (χ0) is 16.7. The number of esters is 1. The number of Topliss-reactive ketones (excluding diaryl/α,β-unsaturated/α-hetero) is 1. The molecule has 0 aliphatic heterocycles. The number of hydrogen-bond donors (Lipinski definition) is 1. The first-order valence-corrected chi connectivity index (χ1v) is 7.56. The molecule has 2 aromatic rings. The third kappa shape index (κ3) is 5.32. The Balaban J connectivity index is 1.81. The van der Waals surface area contributed by atoms with Gasteiger partial charge in [-0.2, -0.15) is 5.10 Å². The number of carbonyl (C=O) groups is 2. The van der Waals surface area contributed by atoms with E-state index in [-0.39, 0.29) is 17.6 Å². The van der Waals surface area contributed by atoms with E-state index in [9.17, 15) is 14.0 Å². The second-order valence-electron chi connectivity index (χ2n) is 5.12. The van der Waals surface area contributed by atoms with Gasteiger partial charge in [0, 0.05) is 17.7 Å². The van der Waals surface area contributed by atoms with Gasteiger partial charge in [-0.15, -0.1) is 0 Å². The van der Waals surface area contributed by atoms with Crippen molar-refractivity contribution in [1.82, 2.24) is 10.2 Å². The summed E-state index contributed by atoms with van der Waals surface area (Å²) in [6, 6.07) is 7.35. The molecule has 0 unspecified atom stereocenters. The maximum Gasteiger partial charge on any atom is 0.306 e. The number of nitrogens with one attached hydrogen (secondary N) is 1. The van der Waals surface area contributed by atoms with Crippen LogP contribution in [-0.2, 0) is 22.4 Å². The van der Waals surface area contributed by atoms with E-state index in [1.54, 1.807) is 6.92 Å². The monoisotopic (exact) mass is 318 g/mol. The predicted molar refractivity (Wildman–Crippen MR) is 82.6 cm³/mol. The van der Waals surface area contributed by atoms with Crippen molar-refractivity contribution in [3.63, 3.8) is 0 Å². The van der Waals surface area contributed by atoms with Crippen molar-refractivity contribution >= 4 is 11.8 Å². The minimum Gasteiger partial charge on any atom is -0.466 e. The Kier molecular flexibility index (Phi) is 6.02. The van der Waals surface area contributed by atoms with E-state index >= 15 is 0 Å². The molecular formula is C17H19FN2O3.